The normalized spacial score (nSPS) is 26.8. The van der Waals surface area contributed by atoms with Crippen molar-refractivity contribution >= 4 is 35.8 Å². The molecule has 4 rings (SSSR count). The van der Waals surface area contributed by atoms with Crippen LogP contribution >= 0.6 is 0 Å². The van der Waals surface area contributed by atoms with Crippen molar-refractivity contribution in [1.82, 2.24) is 4.90 Å². The van der Waals surface area contributed by atoms with Gasteiger partial charge >= 0.3 is 18.0 Å². The molecule has 0 saturated carbocycles. The van der Waals surface area contributed by atoms with Gasteiger partial charge in [0.2, 0.25) is 5.91 Å². The van der Waals surface area contributed by atoms with Crippen LogP contribution in [0, 0.1) is 0 Å². The number of benzene rings is 1. The molecule has 2 fully saturated rings. The van der Waals surface area contributed by atoms with Gasteiger partial charge in [0, 0.05) is 31.9 Å². The molecule has 3 aliphatic heterocycles. The molecule has 3 heterocycles. The van der Waals surface area contributed by atoms with Crippen LogP contribution in [0.1, 0.15) is 37.8 Å². The molecule has 1 aromatic rings. The molecule has 13 heteroatoms. The molecule has 1 aromatic carbocycles. The third-order valence-electron chi connectivity index (χ3n) is 5.71. The summed E-state index contributed by atoms with van der Waals surface area (Å²) >= 11 is 0. The number of esters is 2. The van der Waals surface area contributed by atoms with E-state index in [9.17, 15) is 19.2 Å². The highest BCUT2D eigenvalue weighted by molar-refractivity contribution is 5.85. The third-order valence-corrected chi connectivity index (χ3v) is 5.71. The molecule has 2 amide bonds. The number of fused-ring (bicyclic) bond motifs is 6. The summed E-state index contributed by atoms with van der Waals surface area (Å²) in [6.07, 6.45) is 0.0450. The van der Waals surface area contributed by atoms with Crippen LogP contribution in [0.4, 0.5) is 10.5 Å². The summed E-state index contributed by atoms with van der Waals surface area (Å²) in [4.78, 5) is 55.4. The van der Waals surface area contributed by atoms with Crippen LogP contribution in [0.2, 0.25) is 0 Å². The highest BCUT2D eigenvalue weighted by atomic mass is 16.8. The fraction of sp³-hybridized carbons (Fsp3) is 0.450. The maximum Gasteiger partial charge on any atom is 0.404 e. The van der Waals surface area contributed by atoms with Crippen LogP contribution in [-0.4, -0.2) is 71.3 Å². The second-order valence-corrected chi connectivity index (χ2v) is 7.88. The number of nitrogens with zero attached hydrogens (tertiary/aromatic N) is 3. The molecule has 3 aliphatic rings. The van der Waals surface area contributed by atoms with E-state index in [1.165, 1.54) is 36.8 Å². The van der Waals surface area contributed by atoms with Gasteiger partial charge in [0.15, 0.2) is 0 Å². The maximum atomic E-state index is 12.3. The van der Waals surface area contributed by atoms with Crippen molar-refractivity contribution in [1.29, 1.82) is 0 Å². The SMILES string of the molecule is CC(=O)Oc1cc(C=NO)cc2c1C(COC(N)=O)C1(OC(C)=O)ON2CC2C1N2C(C)=O. The van der Waals surface area contributed by atoms with Crippen LogP contribution in [0.25, 0.3) is 0 Å². The van der Waals surface area contributed by atoms with Crippen LogP contribution in [0.3, 0.4) is 0 Å². The first-order valence-electron chi connectivity index (χ1n) is 10.00. The van der Waals surface area contributed by atoms with E-state index in [1.54, 1.807) is 6.07 Å². The van der Waals surface area contributed by atoms with Gasteiger partial charge in [-0.15, -0.1) is 0 Å². The fourth-order valence-electron chi connectivity index (χ4n) is 4.72. The smallest absolute Gasteiger partial charge is 0.404 e. The number of rotatable bonds is 5. The Morgan fingerprint density at radius 1 is 1.27 bits per heavy atom. The number of carbonyl (C=O) groups excluding carboxylic acids is 4. The fourth-order valence-corrected chi connectivity index (χ4v) is 4.72. The lowest BCUT2D eigenvalue weighted by Crippen LogP contribution is -2.61. The number of ether oxygens (including phenoxy) is 3. The molecule has 3 N–H and O–H groups in total. The predicted octanol–water partition coefficient (Wildman–Crippen LogP) is 0.223. The number of primary amides is 1. The zero-order chi connectivity index (χ0) is 24.1. The van der Waals surface area contributed by atoms with Crippen LogP contribution in [0.15, 0.2) is 17.3 Å². The number of nitrogens with two attached hydrogens (primary N) is 1. The molecule has 0 radical (unpaired) electrons. The Labute approximate surface area is 187 Å². The van der Waals surface area contributed by atoms with E-state index in [0.717, 1.165) is 6.21 Å². The molecule has 13 nitrogen and oxygen atoms in total. The van der Waals surface area contributed by atoms with Gasteiger partial charge in [-0.25, -0.2) is 14.7 Å². The second-order valence-electron chi connectivity index (χ2n) is 7.88. The zero-order valence-corrected chi connectivity index (χ0v) is 18.0. The van der Waals surface area contributed by atoms with Gasteiger partial charge in [0.25, 0.3) is 5.79 Å². The highest BCUT2D eigenvalue weighted by Gasteiger charge is 2.73. The van der Waals surface area contributed by atoms with Gasteiger partial charge in [-0.2, -0.15) is 0 Å². The molecule has 0 spiro atoms. The predicted molar refractivity (Wildman–Crippen MR) is 108 cm³/mol. The Bertz CT molecular complexity index is 1070. The summed E-state index contributed by atoms with van der Waals surface area (Å²) in [6, 6.07) is 2.01. The summed E-state index contributed by atoms with van der Waals surface area (Å²) in [5.74, 6) is -4.35. The lowest BCUT2D eigenvalue weighted by Gasteiger charge is -2.49. The third kappa shape index (κ3) is 3.69. The number of hydrogen-bond acceptors (Lipinski definition) is 11. The van der Waals surface area contributed by atoms with Crippen LogP contribution in [-0.2, 0) is 28.7 Å². The van der Waals surface area contributed by atoms with E-state index in [4.69, 9.17) is 30.0 Å². The van der Waals surface area contributed by atoms with E-state index >= 15 is 0 Å². The highest BCUT2D eigenvalue weighted by Crippen LogP contribution is 2.58. The van der Waals surface area contributed by atoms with Gasteiger partial charge in [0.1, 0.15) is 18.4 Å². The number of carbonyl (C=O) groups is 4. The van der Waals surface area contributed by atoms with Gasteiger partial charge in [-0.3, -0.25) is 14.4 Å². The minimum absolute atomic E-state index is 0.0475. The quantitative estimate of drug-likeness (QED) is 0.154. The minimum Gasteiger partial charge on any atom is -0.449 e. The van der Waals surface area contributed by atoms with Crippen molar-refractivity contribution in [3.63, 3.8) is 0 Å². The van der Waals surface area contributed by atoms with E-state index in [1.807, 2.05) is 0 Å². The van der Waals surface area contributed by atoms with Crippen molar-refractivity contribution in [3.8, 4) is 5.75 Å². The molecular weight excluding hydrogens is 440 g/mol. The number of hydrogen-bond donors (Lipinski definition) is 2. The molecular formula is C20H22N4O9. The summed E-state index contributed by atoms with van der Waals surface area (Å²) in [5.41, 5.74) is 6.28. The van der Waals surface area contributed by atoms with Gasteiger partial charge in [-0.1, -0.05) is 5.16 Å². The summed E-state index contributed by atoms with van der Waals surface area (Å²) in [5, 5.41) is 13.4. The van der Waals surface area contributed by atoms with Crippen molar-refractivity contribution in [2.45, 2.75) is 44.6 Å². The lowest BCUT2D eigenvalue weighted by atomic mass is 9.82. The number of anilines is 1. The number of hydroxylamine groups is 1. The summed E-state index contributed by atoms with van der Waals surface area (Å²) < 4.78 is 16.2. The van der Waals surface area contributed by atoms with E-state index in [-0.39, 0.29) is 24.2 Å². The first kappa shape index (κ1) is 22.3. The Morgan fingerprint density at radius 3 is 2.58 bits per heavy atom. The molecule has 2 bridgehead atoms. The van der Waals surface area contributed by atoms with Crippen molar-refractivity contribution in [2.24, 2.45) is 10.9 Å². The molecule has 33 heavy (non-hydrogen) atoms. The topological polar surface area (TPSA) is 170 Å². The minimum atomic E-state index is -1.77. The largest absolute Gasteiger partial charge is 0.449 e. The molecule has 176 valence electrons. The van der Waals surface area contributed by atoms with Crippen LogP contribution in [0.5, 0.6) is 5.75 Å². The van der Waals surface area contributed by atoms with E-state index < -0.39 is 42.4 Å². The van der Waals surface area contributed by atoms with E-state index in [0.29, 0.717) is 16.8 Å². The van der Waals surface area contributed by atoms with Gasteiger partial charge in [-0.05, 0) is 12.1 Å². The van der Waals surface area contributed by atoms with Crippen LogP contribution < -0.4 is 15.5 Å². The standard InChI is InChI=1S/C20H22N4O9/c1-9(25)24-15-7-23-14-4-12(6-22-29)5-16(31-10(2)26)17(14)13(8-30-19(21)28)20(33-23,18(15)24)32-11(3)27/h4-6,13,15,18,29H,7-8H2,1-3H3,(H2,21,28). The Morgan fingerprint density at radius 2 is 2.00 bits per heavy atom. The van der Waals surface area contributed by atoms with Crippen molar-refractivity contribution in [2.75, 3.05) is 18.2 Å². The summed E-state index contributed by atoms with van der Waals surface area (Å²) in [7, 11) is 0. The van der Waals surface area contributed by atoms with Crippen molar-refractivity contribution < 1.29 is 43.4 Å². The Hall–Kier alpha value is -3.87. The monoisotopic (exact) mass is 462 g/mol. The Kier molecular flexibility index (Phi) is 5.36. The first-order chi connectivity index (χ1) is 15.6. The van der Waals surface area contributed by atoms with E-state index in [2.05, 4.69) is 5.16 Å². The number of oxime groups is 1. The van der Waals surface area contributed by atoms with Gasteiger partial charge in [0.05, 0.1) is 30.4 Å². The second kappa shape index (κ2) is 7.92. The molecule has 0 aliphatic carbocycles. The lowest BCUT2D eigenvalue weighted by molar-refractivity contribution is -0.265. The maximum absolute atomic E-state index is 12.3. The zero-order valence-electron chi connectivity index (χ0n) is 18.0. The number of amides is 2. The average Bonchev–Trinajstić information content (AvgIpc) is 3.43. The molecule has 2 saturated heterocycles. The van der Waals surface area contributed by atoms with Gasteiger partial charge < -0.3 is 30.1 Å². The molecule has 4 atom stereocenters. The van der Waals surface area contributed by atoms with Crippen molar-refractivity contribution in [3.05, 3.63) is 23.3 Å². The molecule has 0 aromatic heterocycles. The molecule has 4 unspecified atom stereocenters. The summed E-state index contributed by atoms with van der Waals surface area (Å²) in [6.45, 7) is 3.58. The Balaban J connectivity index is 1.95. The average molecular weight is 462 g/mol. The first-order valence-corrected chi connectivity index (χ1v) is 10.00.